The van der Waals surface area contributed by atoms with Crippen molar-refractivity contribution in [1.29, 1.82) is 0 Å². The zero-order valence-electron chi connectivity index (χ0n) is 10.4. The van der Waals surface area contributed by atoms with Gasteiger partial charge in [0.1, 0.15) is 9.97 Å². The minimum atomic E-state index is -0.506. The number of thiophene rings is 1. The van der Waals surface area contributed by atoms with Crippen LogP contribution in [0.15, 0.2) is 19.9 Å². The number of nitro groups is 1. The molecule has 0 aliphatic carbocycles. The highest BCUT2D eigenvalue weighted by Gasteiger charge is 2.23. The van der Waals surface area contributed by atoms with Crippen molar-refractivity contribution in [3.8, 4) is 0 Å². The number of nitrogens with zero attached hydrogens (tertiary/aromatic N) is 2. The van der Waals surface area contributed by atoms with Crippen LogP contribution in [0.1, 0.15) is 28.0 Å². The van der Waals surface area contributed by atoms with Crippen LogP contribution in [0.3, 0.4) is 0 Å². The van der Waals surface area contributed by atoms with Gasteiger partial charge in [0.25, 0.3) is 10.9 Å². The summed E-state index contributed by atoms with van der Waals surface area (Å²) in [5.74, 6) is 0.480. The molecule has 0 amide bonds. The summed E-state index contributed by atoms with van der Waals surface area (Å²) in [5.41, 5.74) is 0.655. The fourth-order valence-electron chi connectivity index (χ4n) is 1.30. The van der Waals surface area contributed by atoms with Crippen LogP contribution in [0.4, 0.5) is 5.69 Å². The first-order chi connectivity index (χ1) is 8.88. The predicted octanol–water partition coefficient (Wildman–Crippen LogP) is 3.61. The second kappa shape index (κ2) is 5.14. The molecule has 100 valence electrons. The van der Waals surface area contributed by atoms with Crippen molar-refractivity contribution in [3.05, 3.63) is 32.5 Å². The number of hydrogen-bond donors (Lipinski definition) is 0. The van der Waals surface area contributed by atoms with Crippen LogP contribution in [-0.4, -0.2) is 15.7 Å². The van der Waals surface area contributed by atoms with Crippen molar-refractivity contribution in [2.75, 3.05) is 0 Å². The van der Waals surface area contributed by atoms with Crippen molar-refractivity contribution < 1.29 is 14.1 Å². The first-order valence-corrected chi connectivity index (χ1v) is 6.93. The Kier molecular flexibility index (Phi) is 3.72. The van der Waals surface area contributed by atoms with E-state index in [1.807, 2.05) is 0 Å². The third kappa shape index (κ3) is 2.85. The predicted molar refractivity (Wildman–Crippen MR) is 71.1 cm³/mol. The summed E-state index contributed by atoms with van der Waals surface area (Å²) in [6.07, 6.45) is 0. The summed E-state index contributed by atoms with van der Waals surface area (Å²) in [7, 11) is 0. The fourth-order valence-corrected chi connectivity index (χ4v) is 3.45. The van der Waals surface area contributed by atoms with E-state index in [0.717, 1.165) is 28.8 Å². The Balaban J connectivity index is 2.38. The quantitative estimate of drug-likeness (QED) is 0.487. The average Bonchev–Trinajstić information content (AvgIpc) is 2.84. The lowest BCUT2D eigenvalue weighted by molar-refractivity contribution is -0.387. The lowest BCUT2D eigenvalue weighted by Crippen LogP contribution is -1.87. The molecule has 2 aromatic heterocycles. The molecule has 0 saturated heterocycles. The topological polar surface area (TPSA) is 86.2 Å². The minimum absolute atomic E-state index is 0.0892. The second-order valence-corrected chi connectivity index (χ2v) is 6.09. The largest absolute Gasteiger partial charge is 0.436 e. The number of carbonyl (C=O) groups excluding carboxylic acids is 1. The maximum atomic E-state index is 11.3. The Bertz CT molecular complexity index is 640. The highest BCUT2D eigenvalue weighted by atomic mass is 32.2. The van der Waals surface area contributed by atoms with Gasteiger partial charge in [-0.2, -0.15) is 0 Å². The van der Waals surface area contributed by atoms with Gasteiger partial charge < -0.3 is 4.42 Å². The van der Waals surface area contributed by atoms with Crippen molar-refractivity contribution in [1.82, 2.24) is 4.98 Å². The molecular weight excluding hydrogens is 288 g/mol. The van der Waals surface area contributed by atoms with E-state index >= 15 is 0 Å². The Morgan fingerprint density at radius 2 is 2.21 bits per heavy atom. The summed E-state index contributed by atoms with van der Waals surface area (Å²) in [5, 5.41) is 11.3. The minimum Gasteiger partial charge on any atom is -0.436 e. The summed E-state index contributed by atoms with van der Waals surface area (Å²) < 4.78 is 5.77. The Morgan fingerprint density at radius 1 is 1.53 bits per heavy atom. The molecule has 0 saturated carbocycles. The number of aromatic nitrogens is 1. The van der Waals surface area contributed by atoms with Gasteiger partial charge in [0, 0.05) is 6.07 Å². The zero-order valence-corrected chi connectivity index (χ0v) is 12.1. The number of oxazole rings is 1. The van der Waals surface area contributed by atoms with Crippen LogP contribution in [0, 0.1) is 24.0 Å². The maximum absolute atomic E-state index is 11.3. The molecule has 0 N–H and O–H groups in total. The molecule has 0 unspecified atom stereocenters. The van der Waals surface area contributed by atoms with E-state index in [1.165, 1.54) is 13.0 Å². The molecule has 0 aliphatic rings. The number of rotatable bonds is 4. The molecule has 0 aliphatic heterocycles. The first kappa shape index (κ1) is 13.8. The van der Waals surface area contributed by atoms with Crippen LogP contribution in [0.2, 0.25) is 0 Å². The smallest absolute Gasteiger partial charge is 0.294 e. The molecule has 2 aromatic rings. The summed E-state index contributed by atoms with van der Waals surface area (Å²) in [4.78, 5) is 26.2. The van der Waals surface area contributed by atoms with Crippen molar-refractivity contribution in [2.24, 2.45) is 0 Å². The first-order valence-electron chi connectivity index (χ1n) is 5.29. The number of hydrogen-bond acceptors (Lipinski definition) is 7. The van der Waals surface area contributed by atoms with E-state index in [9.17, 15) is 14.9 Å². The lowest BCUT2D eigenvalue weighted by atomic mass is 10.3. The number of aryl methyl sites for hydroxylation is 2. The van der Waals surface area contributed by atoms with Gasteiger partial charge in [0.2, 0.25) is 0 Å². The highest BCUT2D eigenvalue weighted by Crippen LogP contribution is 2.41. The van der Waals surface area contributed by atoms with Crippen molar-refractivity contribution >= 4 is 34.6 Å². The third-order valence-electron chi connectivity index (χ3n) is 2.41. The molecule has 8 heteroatoms. The Hall–Kier alpha value is -1.67. The van der Waals surface area contributed by atoms with Gasteiger partial charge in [-0.25, -0.2) is 4.98 Å². The summed E-state index contributed by atoms with van der Waals surface area (Å²) >= 11 is 2.14. The molecule has 0 fully saturated rings. The van der Waals surface area contributed by atoms with Crippen LogP contribution < -0.4 is 0 Å². The number of ketones is 1. The van der Waals surface area contributed by atoms with Crippen LogP contribution >= 0.6 is 23.1 Å². The van der Waals surface area contributed by atoms with Gasteiger partial charge in [0.05, 0.1) is 15.5 Å². The molecule has 0 bridgehead atoms. The van der Waals surface area contributed by atoms with E-state index in [4.69, 9.17) is 4.42 Å². The molecule has 2 heterocycles. The highest BCUT2D eigenvalue weighted by molar-refractivity contribution is 8.01. The standard InChI is InChI=1S/C11H10N2O4S2/c1-5-7(3)17-11(12-5)19-10-8(13(15)16)4-9(18-10)6(2)14/h4H,1-3H3. The van der Waals surface area contributed by atoms with E-state index in [2.05, 4.69) is 4.98 Å². The van der Waals surface area contributed by atoms with Crippen LogP contribution in [0.25, 0.3) is 0 Å². The van der Waals surface area contributed by atoms with E-state index in [0.29, 0.717) is 20.1 Å². The van der Waals surface area contributed by atoms with Gasteiger partial charge in [-0.1, -0.05) is 0 Å². The molecule has 0 spiro atoms. The fraction of sp³-hybridized carbons (Fsp3) is 0.273. The number of carbonyl (C=O) groups is 1. The normalized spacial score (nSPS) is 10.7. The van der Waals surface area contributed by atoms with E-state index < -0.39 is 4.92 Å². The average molecular weight is 298 g/mol. The third-order valence-corrected chi connectivity index (χ3v) is 4.68. The monoisotopic (exact) mass is 298 g/mol. The van der Waals surface area contributed by atoms with Crippen molar-refractivity contribution in [2.45, 2.75) is 30.2 Å². The van der Waals surface area contributed by atoms with Gasteiger partial charge >= 0.3 is 0 Å². The van der Waals surface area contributed by atoms with Gasteiger partial charge in [-0.3, -0.25) is 14.9 Å². The summed E-state index contributed by atoms with van der Waals surface area (Å²) in [6.45, 7) is 4.95. The molecular formula is C11H10N2O4S2. The molecule has 0 atom stereocenters. The van der Waals surface area contributed by atoms with Gasteiger partial charge in [-0.05, 0) is 32.5 Å². The number of Topliss-reactive ketones (excluding diaryl/α,β-unsaturated/α-hetero) is 1. The second-order valence-electron chi connectivity index (χ2n) is 3.82. The molecule has 2 rings (SSSR count). The van der Waals surface area contributed by atoms with Crippen LogP contribution in [-0.2, 0) is 0 Å². The maximum Gasteiger partial charge on any atom is 0.294 e. The lowest BCUT2D eigenvalue weighted by Gasteiger charge is -1.92. The van der Waals surface area contributed by atoms with Crippen molar-refractivity contribution in [3.63, 3.8) is 0 Å². The SMILES string of the molecule is CC(=O)c1cc([N+](=O)[O-])c(Sc2nc(C)c(C)o2)s1. The Morgan fingerprint density at radius 3 is 2.68 bits per heavy atom. The molecule has 6 nitrogen and oxygen atoms in total. The van der Waals surface area contributed by atoms with Gasteiger partial charge in [0.15, 0.2) is 5.78 Å². The van der Waals surface area contributed by atoms with E-state index in [-0.39, 0.29) is 11.5 Å². The molecule has 19 heavy (non-hydrogen) atoms. The Labute approximate surface area is 117 Å². The molecule has 0 aromatic carbocycles. The molecule has 0 radical (unpaired) electrons. The van der Waals surface area contributed by atoms with Gasteiger partial charge in [-0.15, -0.1) is 11.3 Å². The van der Waals surface area contributed by atoms with Crippen LogP contribution in [0.5, 0.6) is 0 Å². The van der Waals surface area contributed by atoms with E-state index in [1.54, 1.807) is 13.8 Å². The zero-order chi connectivity index (χ0) is 14.2. The summed E-state index contributed by atoms with van der Waals surface area (Å²) in [6, 6.07) is 1.29.